The Labute approximate surface area is 96.1 Å². The van der Waals surface area contributed by atoms with E-state index in [-0.39, 0.29) is 0 Å². The fourth-order valence-electron chi connectivity index (χ4n) is 1.85. The summed E-state index contributed by atoms with van der Waals surface area (Å²) < 4.78 is 0. The second-order valence-corrected chi connectivity index (χ2v) is 3.67. The number of imidazole rings is 1. The lowest BCUT2D eigenvalue weighted by molar-refractivity contribution is 0.866. The summed E-state index contributed by atoms with van der Waals surface area (Å²) >= 11 is 0. The Morgan fingerprint density at radius 1 is 1.12 bits per heavy atom. The van der Waals surface area contributed by atoms with Crippen molar-refractivity contribution in [1.82, 2.24) is 9.97 Å². The van der Waals surface area contributed by atoms with Gasteiger partial charge in [-0.05, 0) is 26.0 Å². The zero-order valence-electron chi connectivity index (χ0n) is 9.77. The molecule has 0 radical (unpaired) electrons. The van der Waals surface area contributed by atoms with E-state index < -0.39 is 0 Å². The SMILES string of the molecule is CCN(CC)c1ccc(-c2c[nH]cn2)cc1. The maximum absolute atomic E-state index is 4.23. The van der Waals surface area contributed by atoms with Crippen LogP contribution >= 0.6 is 0 Å². The molecule has 0 amide bonds. The van der Waals surface area contributed by atoms with E-state index in [9.17, 15) is 0 Å². The lowest BCUT2D eigenvalue weighted by atomic mass is 10.1. The smallest absolute Gasteiger partial charge is 0.0927 e. The van der Waals surface area contributed by atoms with Crippen molar-refractivity contribution in [3.63, 3.8) is 0 Å². The average Bonchev–Trinajstić information content (AvgIpc) is 2.85. The van der Waals surface area contributed by atoms with Crippen LogP contribution in [0.15, 0.2) is 36.8 Å². The topological polar surface area (TPSA) is 31.9 Å². The van der Waals surface area contributed by atoms with Crippen LogP contribution in [0, 0.1) is 0 Å². The zero-order chi connectivity index (χ0) is 11.4. The summed E-state index contributed by atoms with van der Waals surface area (Å²) in [6, 6.07) is 8.53. The minimum absolute atomic E-state index is 0.992. The summed E-state index contributed by atoms with van der Waals surface area (Å²) in [6.07, 6.45) is 3.61. The van der Waals surface area contributed by atoms with Gasteiger partial charge in [-0.15, -0.1) is 0 Å². The zero-order valence-corrected chi connectivity index (χ0v) is 9.77. The van der Waals surface area contributed by atoms with Crippen LogP contribution in [0.4, 0.5) is 5.69 Å². The molecule has 0 aliphatic carbocycles. The monoisotopic (exact) mass is 215 g/mol. The van der Waals surface area contributed by atoms with Gasteiger partial charge in [0.2, 0.25) is 0 Å². The van der Waals surface area contributed by atoms with Crippen molar-refractivity contribution in [3.05, 3.63) is 36.8 Å². The second kappa shape index (κ2) is 4.84. The molecule has 1 aromatic carbocycles. The molecule has 0 fully saturated rings. The first kappa shape index (κ1) is 10.7. The first-order valence-corrected chi connectivity index (χ1v) is 5.69. The van der Waals surface area contributed by atoms with Crippen LogP contribution in [0.3, 0.4) is 0 Å². The van der Waals surface area contributed by atoms with Gasteiger partial charge in [-0.3, -0.25) is 0 Å². The Morgan fingerprint density at radius 2 is 1.81 bits per heavy atom. The summed E-state index contributed by atoms with van der Waals surface area (Å²) in [5, 5.41) is 0. The molecule has 0 aliphatic rings. The van der Waals surface area contributed by atoms with E-state index in [1.807, 2.05) is 6.20 Å². The third kappa shape index (κ3) is 2.08. The predicted octanol–water partition coefficient (Wildman–Crippen LogP) is 2.92. The van der Waals surface area contributed by atoms with Crippen LogP contribution in [0.1, 0.15) is 13.8 Å². The quantitative estimate of drug-likeness (QED) is 0.850. The fraction of sp³-hybridized carbons (Fsp3) is 0.308. The number of hydrogen-bond acceptors (Lipinski definition) is 2. The van der Waals surface area contributed by atoms with Gasteiger partial charge in [-0.2, -0.15) is 0 Å². The molecule has 0 bridgehead atoms. The number of nitrogens with one attached hydrogen (secondary N) is 1. The molecular formula is C13H17N3. The van der Waals surface area contributed by atoms with Gasteiger partial charge in [0, 0.05) is 30.5 Å². The summed E-state index contributed by atoms with van der Waals surface area (Å²) in [4.78, 5) is 9.53. The third-order valence-corrected chi connectivity index (χ3v) is 2.79. The van der Waals surface area contributed by atoms with Crippen LogP contribution < -0.4 is 4.90 Å². The number of benzene rings is 1. The molecule has 0 saturated carbocycles. The van der Waals surface area contributed by atoms with Gasteiger partial charge >= 0.3 is 0 Å². The number of aromatic amines is 1. The van der Waals surface area contributed by atoms with Crippen molar-refractivity contribution in [2.75, 3.05) is 18.0 Å². The predicted molar refractivity (Wildman–Crippen MR) is 67.6 cm³/mol. The number of H-pyrrole nitrogens is 1. The number of hydrogen-bond donors (Lipinski definition) is 1. The lowest BCUT2D eigenvalue weighted by Crippen LogP contribution is -2.21. The average molecular weight is 215 g/mol. The highest BCUT2D eigenvalue weighted by molar-refractivity contribution is 5.62. The van der Waals surface area contributed by atoms with Gasteiger partial charge in [0.1, 0.15) is 0 Å². The van der Waals surface area contributed by atoms with Crippen LogP contribution in [0.25, 0.3) is 11.3 Å². The molecule has 2 aromatic rings. The second-order valence-electron chi connectivity index (χ2n) is 3.67. The number of rotatable bonds is 4. The standard InChI is InChI=1S/C13H17N3/c1-3-16(4-2)12-7-5-11(6-8-12)13-9-14-10-15-13/h5-10H,3-4H2,1-2H3,(H,14,15). The minimum Gasteiger partial charge on any atom is -0.372 e. The molecule has 0 aliphatic heterocycles. The molecule has 16 heavy (non-hydrogen) atoms. The number of nitrogens with zero attached hydrogens (tertiary/aromatic N) is 2. The van der Waals surface area contributed by atoms with E-state index in [1.54, 1.807) is 6.33 Å². The van der Waals surface area contributed by atoms with E-state index in [0.717, 1.165) is 24.3 Å². The molecule has 1 aromatic heterocycles. The molecule has 0 saturated heterocycles. The molecule has 84 valence electrons. The van der Waals surface area contributed by atoms with Crippen LogP contribution in [0.5, 0.6) is 0 Å². The Morgan fingerprint density at radius 3 is 2.31 bits per heavy atom. The Bertz CT molecular complexity index is 413. The van der Waals surface area contributed by atoms with Crippen molar-refractivity contribution < 1.29 is 0 Å². The maximum Gasteiger partial charge on any atom is 0.0927 e. The Hall–Kier alpha value is -1.77. The Balaban J connectivity index is 2.22. The summed E-state index contributed by atoms with van der Waals surface area (Å²) in [7, 11) is 0. The molecule has 0 spiro atoms. The van der Waals surface area contributed by atoms with Crippen molar-refractivity contribution in [2.45, 2.75) is 13.8 Å². The molecule has 0 atom stereocenters. The maximum atomic E-state index is 4.23. The third-order valence-electron chi connectivity index (χ3n) is 2.79. The van der Waals surface area contributed by atoms with E-state index in [2.05, 4.69) is 53.0 Å². The largest absolute Gasteiger partial charge is 0.372 e. The highest BCUT2D eigenvalue weighted by atomic mass is 15.1. The van der Waals surface area contributed by atoms with Crippen LogP contribution in [-0.2, 0) is 0 Å². The van der Waals surface area contributed by atoms with Gasteiger partial charge in [0.05, 0.1) is 12.0 Å². The molecule has 0 unspecified atom stereocenters. The van der Waals surface area contributed by atoms with Gasteiger partial charge in [-0.25, -0.2) is 4.98 Å². The molecular weight excluding hydrogens is 198 g/mol. The molecule has 1 heterocycles. The van der Waals surface area contributed by atoms with Crippen molar-refractivity contribution in [2.24, 2.45) is 0 Å². The van der Waals surface area contributed by atoms with Gasteiger partial charge in [0.25, 0.3) is 0 Å². The van der Waals surface area contributed by atoms with Crippen LogP contribution in [-0.4, -0.2) is 23.1 Å². The summed E-state index contributed by atoms with van der Waals surface area (Å²) in [6.45, 7) is 6.42. The van der Waals surface area contributed by atoms with Crippen LogP contribution in [0.2, 0.25) is 0 Å². The number of aromatic nitrogens is 2. The normalized spacial score (nSPS) is 10.4. The fourth-order valence-corrected chi connectivity index (χ4v) is 1.85. The molecule has 2 rings (SSSR count). The van der Waals surface area contributed by atoms with Gasteiger partial charge < -0.3 is 9.88 Å². The van der Waals surface area contributed by atoms with Crippen molar-refractivity contribution >= 4 is 5.69 Å². The van der Waals surface area contributed by atoms with Crippen molar-refractivity contribution in [3.8, 4) is 11.3 Å². The highest BCUT2D eigenvalue weighted by Crippen LogP contribution is 2.20. The van der Waals surface area contributed by atoms with Crippen molar-refractivity contribution in [1.29, 1.82) is 0 Å². The molecule has 1 N–H and O–H groups in total. The molecule has 3 nitrogen and oxygen atoms in total. The van der Waals surface area contributed by atoms with E-state index in [1.165, 1.54) is 5.69 Å². The van der Waals surface area contributed by atoms with Gasteiger partial charge in [0.15, 0.2) is 0 Å². The first-order chi connectivity index (χ1) is 7.85. The Kier molecular flexibility index (Phi) is 3.25. The lowest BCUT2D eigenvalue weighted by Gasteiger charge is -2.20. The van der Waals surface area contributed by atoms with E-state index in [0.29, 0.717) is 0 Å². The first-order valence-electron chi connectivity index (χ1n) is 5.69. The molecule has 3 heteroatoms. The highest BCUT2D eigenvalue weighted by Gasteiger charge is 2.03. The summed E-state index contributed by atoms with van der Waals surface area (Å²) in [5.74, 6) is 0. The van der Waals surface area contributed by atoms with E-state index in [4.69, 9.17) is 0 Å². The summed E-state index contributed by atoms with van der Waals surface area (Å²) in [5.41, 5.74) is 3.41. The minimum atomic E-state index is 0.992. The van der Waals surface area contributed by atoms with Gasteiger partial charge in [-0.1, -0.05) is 12.1 Å². The van der Waals surface area contributed by atoms with E-state index >= 15 is 0 Å². The number of anilines is 1.